The highest BCUT2D eigenvalue weighted by Gasteiger charge is 2.17. The van der Waals surface area contributed by atoms with E-state index in [9.17, 15) is 0 Å². The van der Waals surface area contributed by atoms with Crippen LogP contribution < -0.4 is 11.3 Å². The van der Waals surface area contributed by atoms with Crippen molar-refractivity contribution in [3.05, 3.63) is 54.6 Å². The van der Waals surface area contributed by atoms with Gasteiger partial charge in [0.05, 0.1) is 6.04 Å². The fourth-order valence-electron chi connectivity index (χ4n) is 1.54. The SMILES string of the molecule is NNC(c1cc(Br)cs1)c1cc(Cl)ccc1Cl. The maximum absolute atomic E-state index is 6.17. The Labute approximate surface area is 122 Å². The largest absolute Gasteiger partial charge is 0.271 e. The molecule has 2 aromatic rings. The summed E-state index contributed by atoms with van der Waals surface area (Å²) in [6.45, 7) is 0. The van der Waals surface area contributed by atoms with Crippen molar-refractivity contribution in [2.45, 2.75) is 6.04 Å². The molecule has 1 unspecified atom stereocenters. The molecule has 0 aliphatic rings. The second-order valence-electron chi connectivity index (χ2n) is 3.43. The molecule has 0 radical (unpaired) electrons. The Morgan fingerprint density at radius 3 is 2.65 bits per heavy atom. The van der Waals surface area contributed by atoms with Gasteiger partial charge < -0.3 is 0 Å². The standard InChI is InChI=1S/C11H9BrCl2N2S/c12-6-3-10(17-5-6)11(16-15)8-4-7(13)1-2-9(8)14/h1-5,11,16H,15H2. The monoisotopic (exact) mass is 350 g/mol. The molecule has 0 bridgehead atoms. The maximum atomic E-state index is 6.17. The van der Waals surface area contributed by atoms with Crippen LogP contribution >= 0.6 is 50.5 Å². The van der Waals surface area contributed by atoms with E-state index in [4.69, 9.17) is 29.0 Å². The molecular formula is C11H9BrCl2N2S. The van der Waals surface area contributed by atoms with Gasteiger partial charge in [-0.25, -0.2) is 5.43 Å². The van der Waals surface area contributed by atoms with Gasteiger partial charge in [0.25, 0.3) is 0 Å². The third-order valence-electron chi connectivity index (χ3n) is 2.31. The molecule has 0 aliphatic heterocycles. The van der Waals surface area contributed by atoms with Crippen molar-refractivity contribution in [2.75, 3.05) is 0 Å². The molecule has 1 aromatic carbocycles. The summed E-state index contributed by atoms with van der Waals surface area (Å²) in [5, 5.41) is 3.28. The highest BCUT2D eigenvalue weighted by molar-refractivity contribution is 9.10. The van der Waals surface area contributed by atoms with Gasteiger partial charge >= 0.3 is 0 Å². The molecule has 3 N–H and O–H groups in total. The first-order chi connectivity index (χ1) is 8.11. The third-order valence-corrected chi connectivity index (χ3v) is 4.65. The van der Waals surface area contributed by atoms with Gasteiger partial charge in [-0.3, -0.25) is 5.84 Å². The summed E-state index contributed by atoms with van der Waals surface area (Å²) in [4.78, 5) is 1.07. The summed E-state index contributed by atoms with van der Waals surface area (Å²) < 4.78 is 1.02. The fourth-order valence-corrected chi connectivity index (χ4v) is 3.47. The zero-order chi connectivity index (χ0) is 12.4. The van der Waals surface area contributed by atoms with E-state index in [2.05, 4.69) is 21.4 Å². The predicted octanol–water partition coefficient (Wildman–Crippen LogP) is 4.37. The van der Waals surface area contributed by atoms with Crippen LogP contribution in [0.1, 0.15) is 16.5 Å². The Hall–Kier alpha value is -0.100. The zero-order valence-electron chi connectivity index (χ0n) is 8.58. The molecular weight excluding hydrogens is 343 g/mol. The molecule has 17 heavy (non-hydrogen) atoms. The van der Waals surface area contributed by atoms with E-state index in [1.807, 2.05) is 17.5 Å². The van der Waals surface area contributed by atoms with Crippen molar-refractivity contribution in [1.29, 1.82) is 0 Å². The van der Waals surface area contributed by atoms with Crippen molar-refractivity contribution in [1.82, 2.24) is 5.43 Å². The first-order valence-electron chi connectivity index (χ1n) is 4.77. The Balaban J connectivity index is 2.45. The smallest absolute Gasteiger partial charge is 0.0817 e. The van der Waals surface area contributed by atoms with Crippen LogP contribution in [0.3, 0.4) is 0 Å². The van der Waals surface area contributed by atoms with Gasteiger partial charge in [-0.05, 0) is 45.8 Å². The molecule has 1 heterocycles. The molecule has 2 rings (SSSR count). The lowest BCUT2D eigenvalue weighted by molar-refractivity contribution is 0.646. The highest BCUT2D eigenvalue weighted by atomic mass is 79.9. The zero-order valence-corrected chi connectivity index (χ0v) is 12.5. The van der Waals surface area contributed by atoms with Gasteiger partial charge in [0.1, 0.15) is 0 Å². The van der Waals surface area contributed by atoms with Crippen LogP contribution in [0.25, 0.3) is 0 Å². The number of nitrogens with one attached hydrogen (secondary N) is 1. The predicted molar refractivity (Wildman–Crippen MR) is 77.6 cm³/mol. The Morgan fingerprint density at radius 2 is 2.06 bits per heavy atom. The molecule has 1 aromatic heterocycles. The maximum Gasteiger partial charge on any atom is 0.0817 e. The fraction of sp³-hybridized carbons (Fsp3) is 0.0909. The van der Waals surface area contributed by atoms with Crippen molar-refractivity contribution in [2.24, 2.45) is 5.84 Å². The van der Waals surface area contributed by atoms with Crippen molar-refractivity contribution in [3.8, 4) is 0 Å². The second-order valence-corrected chi connectivity index (χ2v) is 6.13. The van der Waals surface area contributed by atoms with Gasteiger partial charge in [-0.15, -0.1) is 11.3 Å². The molecule has 2 nitrogen and oxygen atoms in total. The van der Waals surface area contributed by atoms with E-state index in [0.29, 0.717) is 10.0 Å². The van der Waals surface area contributed by atoms with Crippen LogP contribution in [-0.2, 0) is 0 Å². The number of thiophene rings is 1. The summed E-state index contributed by atoms with van der Waals surface area (Å²) in [6, 6.07) is 7.20. The number of hydrogen-bond acceptors (Lipinski definition) is 3. The molecule has 0 saturated heterocycles. The summed E-state index contributed by atoms with van der Waals surface area (Å²) in [5.41, 5.74) is 3.63. The van der Waals surface area contributed by atoms with E-state index >= 15 is 0 Å². The lowest BCUT2D eigenvalue weighted by atomic mass is 10.1. The van der Waals surface area contributed by atoms with Crippen LogP contribution in [0.2, 0.25) is 10.0 Å². The molecule has 90 valence electrons. The molecule has 0 aliphatic carbocycles. The van der Waals surface area contributed by atoms with E-state index in [-0.39, 0.29) is 6.04 Å². The average Bonchev–Trinajstić information content (AvgIpc) is 2.71. The van der Waals surface area contributed by atoms with Crippen LogP contribution in [0.4, 0.5) is 0 Å². The molecule has 1 atom stereocenters. The Morgan fingerprint density at radius 1 is 1.29 bits per heavy atom. The van der Waals surface area contributed by atoms with Crippen LogP contribution in [-0.4, -0.2) is 0 Å². The Kier molecular flexibility index (Phi) is 4.47. The summed E-state index contributed by atoms with van der Waals surface area (Å²) in [7, 11) is 0. The third kappa shape index (κ3) is 3.02. The number of rotatable bonds is 3. The number of hydrazine groups is 1. The van der Waals surface area contributed by atoms with Crippen LogP contribution in [0.5, 0.6) is 0 Å². The summed E-state index contributed by atoms with van der Waals surface area (Å²) >= 11 is 17.2. The topological polar surface area (TPSA) is 38.0 Å². The first-order valence-corrected chi connectivity index (χ1v) is 7.19. The molecule has 0 spiro atoms. The van der Waals surface area contributed by atoms with E-state index in [1.54, 1.807) is 23.5 Å². The minimum Gasteiger partial charge on any atom is -0.271 e. The van der Waals surface area contributed by atoms with Gasteiger partial charge in [-0.2, -0.15) is 0 Å². The quantitative estimate of drug-likeness (QED) is 0.636. The lowest BCUT2D eigenvalue weighted by Gasteiger charge is -2.16. The van der Waals surface area contributed by atoms with Gasteiger partial charge in [0, 0.05) is 24.8 Å². The molecule has 0 amide bonds. The van der Waals surface area contributed by atoms with Crippen molar-refractivity contribution < 1.29 is 0 Å². The van der Waals surface area contributed by atoms with Crippen molar-refractivity contribution in [3.63, 3.8) is 0 Å². The van der Waals surface area contributed by atoms with Crippen molar-refractivity contribution >= 4 is 50.5 Å². The first kappa shape index (κ1) is 13.3. The average molecular weight is 352 g/mol. The number of benzene rings is 1. The van der Waals surface area contributed by atoms with Crippen LogP contribution in [0.15, 0.2) is 34.1 Å². The number of hydrogen-bond donors (Lipinski definition) is 2. The van der Waals surface area contributed by atoms with E-state index < -0.39 is 0 Å². The van der Waals surface area contributed by atoms with Gasteiger partial charge in [0.2, 0.25) is 0 Å². The molecule has 6 heteroatoms. The molecule has 0 fully saturated rings. The van der Waals surface area contributed by atoms with Gasteiger partial charge in [-0.1, -0.05) is 23.2 Å². The van der Waals surface area contributed by atoms with Crippen LogP contribution in [0, 0.1) is 0 Å². The number of halogens is 3. The highest BCUT2D eigenvalue weighted by Crippen LogP contribution is 2.34. The minimum absolute atomic E-state index is 0.155. The van der Waals surface area contributed by atoms with E-state index in [1.165, 1.54) is 0 Å². The summed E-state index contributed by atoms with van der Waals surface area (Å²) in [6.07, 6.45) is 0. The number of nitrogens with two attached hydrogens (primary N) is 1. The summed E-state index contributed by atoms with van der Waals surface area (Å²) in [5.74, 6) is 5.60. The minimum atomic E-state index is -0.155. The molecule has 0 saturated carbocycles. The lowest BCUT2D eigenvalue weighted by Crippen LogP contribution is -2.28. The van der Waals surface area contributed by atoms with Gasteiger partial charge in [0.15, 0.2) is 0 Å². The Bertz CT molecular complexity index is 530. The normalized spacial score (nSPS) is 12.7. The van der Waals surface area contributed by atoms with E-state index in [0.717, 1.165) is 14.9 Å². The second kappa shape index (κ2) is 5.69.